The molecular formula is C28H33FN8O2. The number of rotatable bonds is 8. The molecule has 0 aliphatic carbocycles. The van der Waals surface area contributed by atoms with Gasteiger partial charge >= 0.3 is 0 Å². The highest BCUT2D eigenvalue weighted by molar-refractivity contribution is 5.79. The average Bonchev–Trinajstić information content (AvgIpc) is 2.97. The molecular weight excluding hydrogens is 499 g/mol. The molecule has 3 heterocycles. The number of hydrazine groups is 1. The van der Waals surface area contributed by atoms with Crippen molar-refractivity contribution in [2.24, 2.45) is 10.8 Å². The van der Waals surface area contributed by atoms with Gasteiger partial charge in [-0.25, -0.2) is 25.2 Å². The molecule has 0 saturated carbocycles. The van der Waals surface area contributed by atoms with Gasteiger partial charge in [0.05, 0.1) is 30.7 Å². The van der Waals surface area contributed by atoms with E-state index in [-0.39, 0.29) is 11.9 Å². The number of hydrogen-bond donors (Lipinski definition) is 3. The van der Waals surface area contributed by atoms with Gasteiger partial charge < -0.3 is 25.0 Å². The molecule has 0 radical (unpaired) electrons. The SMILES string of the molecule is C=C(N=CN(N)c1ccc(Nc2nccc(-c3cc(F)cc(N4CCOCC4)c3)n2)cc1)N1CCC(O)CC1. The van der Waals surface area contributed by atoms with Crippen LogP contribution in [0, 0.1) is 5.82 Å². The molecule has 204 valence electrons. The Morgan fingerprint density at radius 2 is 1.87 bits per heavy atom. The highest BCUT2D eigenvalue weighted by atomic mass is 19.1. The first-order chi connectivity index (χ1) is 18.9. The third-order valence-corrected chi connectivity index (χ3v) is 6.79. The zero-order valence-corrected chi connectivity index (χ0v) is 21.7. The summed E-state index contributed by atoms with van der Waals surface area (Å²) in [4.78, 5) is 17.4. The van der Waals surface area contributed by atoms with Crippen molar-refractivity contribution in [1.29, 1.82) is 0 Å². The maximum atomic E-state index is 14.5. The number of ether oxygens (including phenoxy) is 1. The standard InChI is InChI=1S/C28H33FN8O2/c1-20(35-10-7-26(38)8-11-35)32-19-37(30)24-4-2-23(3-5-24)33-28-31-9-6-27(34-28)21-16-22(29)18-25(17-21)36-12-14-39-15-13-36/h2-6,9,16-19,26,38H,1,7-8,10-15,30H2,(H,31,33,34). The zero-order chi connectivity index (χ0) is 27.2. The molecule has 0 spiro atoms. The Morgan fingerprint density at radius 3 is 2.62 bits per heavy atom. The Morgan fingerprint density at radius 1 is 1.13 bits per heavy atom. The molecule has 11 heteroatoms. The molecule has 2 aliphatic heterocycles. The van der Waals surface area contributed by atoms with Gasteiger partial charge in [-0.3, -0.25) is 5.01 Å². The van der Waals surface area contributed by atoms with Crippen LogP contribution in [0.1, 0.15) is 12.8 Å². The molecule has 39 heavy (non-hydrogen) atoms. The number of aliphatic hydroxyl groups excluding tert-OH is 1. The molecule has 0 amide bonds. The Labute approximate surface area is 227 Å². The summed E-state index contributed by atoms with van der Waals surface area (Å²) in [6, 6.07) is 14.1. The van der Waals surface area contributed by atoms with Crippen LogP contribution in [0.5, 0.6) is 0 Å². The second-order valence-corrected chi connectivity index (χ2v) is 9.52. The zero-order valence-electron chi connectivity index (χ0n) is 21.7. The molecule has 0 atom stereocenters. The minimum atomic E-state index is -0.314. The van der Waals surface area contributed by atoms with Crippen LogP contribution in [0.15, 0.2) is 72.1 Å². The summed E-state index contributed by atoms with van der Waals surface area (Å²) in [5.41, 5.74) is 3.61. The number of piperidine rings is 1. The van der Waals surface area contributed by atoms with Crippen LogP contribution in [0.3, 0.4) is 0 Å². The number of morpholine rings is 1. The number of aliphatic hydroxyl groups is 1. The van der Waals surface area contributed by atoms with Gasteiger partial charge in [0, 0.05) is 49.3 Å². The lowest BCUT2D eigenvalue weighted by molar-refractivity contribution is 0.0969. The van der Waals surface area contributed by atoms with Gasteiger partial charge in [0.1, 0.15) is 18.0 Å². The fourth-order valence-corrected chi connectivity index (χ4v) is 4.55. The van der Waals surface area contributed by atoms with E-state index in [4.69, 9.17) is 10.6 Å². The molecule has 2 aliphatic rings. The Kier molecular flexibility index (Phi) is 8.30. The van der Waals surface area contributed by atoms with E-state index in [1.807, 2.05) is 35.2 Å². The van der Waals surface area contributed by atoms with E-state index in [2.05, 4.69) is 31.8 Å². The van der Waals surface area contributed by atoms with E-state index < -0.39 is 0 Å². The number of hydrogen-bond acceptors (Lipinski definition) is 9. The van der Waals surface area contributed by atoms with Gasteiger partial charge in [0.2, 0.25) is 5.95 Å². The van der Waals surface area contributed by atoms with Crippen LogP contribution in [0.2, 0.25) is 0 Å². The van der Waals surface area contributed by atoms with E-state index in [0.29, 0.717) is 49.1 Å². The third kappa shape index (κ3) is 6.88. The summed E-state index contributed by atoms with van der Waals surface area (Å²) in [5, 5.41) is 14.3. The maximum Gasteiger partial charge on any atom is 0.227 e. The lowest BCUT2D eigenvalue weighted by atomic mass is 10.1. The number of benzene rings is 2. The van der Waals surface area contributed by atoms with Gasteiger partial charge in [0.15, 0.2) is 0 Å². The molecule has 2 fully saturated rings. The number of nitrogens with zero attached hydrogens (tertiary/aromatic N) is 6. The molecule has 0 bridgehead atoms. The maximum absolute atomic E-state index is 14.5. The topological polar surface area (TPSA) is 115 Å². The van der Waals surface area contributed by atoms with Gasteiger partial charge in [-0.1, -0.05) is 6.58 Å². The Hall–Kier alpha value is -4.06. The van der Waals surface area contributed by atoms with Crippen LogP contribution in [0.4, 0.5) is 27.4 Å². The molecule has 4 N–H and O–H groups in total. The van der Waals surface area contributed by atoms with Crippen molar-refractivity contribution in [3.63, 3.8) is 0 Å². The number of nitrogens with two attached hydrogens (primary N) is 1. The van der Waals surface area contributed by atoms with Crippen molar-refractivity contribution in [3.8, 4) is 11.3 Å². The number of anilines is 4. The lowest BCUT2D eigenvalue weighted by Crippen LogP contribution is -2.36. The quantitative estimate of drug-likeness (QED) is 0.174. The summed E-state index contributed by atoms with van der Waals surface area (Å²) in [7, 11) is 0. The fourth-order valence-electron chi connectivity index (χ4n) is 4.55. The van der Waals surface area contributed by atoms with Gasteiger partial charge in [-0.15, -0.1) is 0 Å². The van der Waals surface area contributed by atoms with E-state index in [0.717, 1.165) is 43.2 Å². The highest BCUT2D eigenvalue weighted by Gasteiger charge is 2.18. The average molecular weight is 533 g/mol. The van der Waals surface area contributed by atoms with Crippen LogP contribution < -0.4 is 21.1 Å². The summed E-state index contributed by atoms with van der Waals surface area (Å²) in [6.45, 7) is 8.14. The van der Waals surface area contributed by atoms with Gasteiger partial charge in [-0.05, 0) is 61.4 Å². The molecule has 2 aromatic carbocycles. The van der Waals surface area contributed by atoms with Crippen LogP contribution in [-0.2, 0) is 4.74 Å². The third-order valence-electron chi connectivity index (χ3n) is 6.79. The predicted octanol–water partition coefficient (Wildman–Crippen LogP) is 3.50. The van der Waals surface area contributed by atoms with Crippen LogP contribution in [-0.4, -0.2) is 71.8 Å². The fraction of sp³-hybridized carbons (Fsp3) is 0.321. The van der Waals surface area contributed by atoms with Crippen molar-refractivity contribution in [1.82, 2.24) is 14.9 Å². The molecule has 5 rings (SSSR count). The lowest BCUT2D eigenvalue weighted by Gasteiger charge is -2.30. The summed E-state index contributed by atoms with van der Waals surface area (Å²) >= 11 is 0. The Bertz CT molecular complexity index is 1310. The first-order valence-electron chi connectivity index (χ1n) is 13.0. The minimum Gasteiger partial charge on any atom is -0.393 e. The molecule has 1 aromatic heterocycles. The van der Waals surface area contributed by atoms with Gasteiger partial charge in [-0.2, -0.15) is 0 Å². The van der Waals surface area contributed by atoms with Crippen molar-refractivity contribution in [2.75, 3.05) is 54.6 Å². The molecule has 3 aromatic rings. The van der Waals surface area contributed by atoms with Crippen molar-refractivity contribution in [3.05, 3.63) is 72.9 Å². The largest absolute Gasteiger partial charge is 0.393 e. The van der Waals surface area contributed by atoms with E-state index in [1.165, 1.54) is 23.5 Å². The van der Waals surface area contributed by atoms with Crippen LogP contribution in [0.25, 0.3) is 11.3 Å². The summed E-state index contributed by atoms with van der Waals surface area (Å²) in [5.74, 6) is 6.85. The number of likely N-dealkylation sites (tertiary alicyclic amines) is 1. The van der Waals surface area contributed by atoms with Crippen molar-refractivity contribution < 1.29 is 14.2 Å². The first-order valence-corrected chi connectivity index (χ1v) is 13.0. The van der Waals surface area contributed by atoms with Crippen LogP contribution >= 0.6 is 0 Å². The number of aromatic nitrogens is 2. The predicted molar refractivity (Wildman–Crippen MR) is 151 cm³/mol. The number of aliphatic imine (C=N–C) groups is 1. The molecule has 2 saturated heterocycles. The highest BCUT2D eigenvalue weighted by Crippen LogP contribution is 2.27. The monoisotopic (exact) mass is 532 g/mol. The summed E-state index contributed by atoms with van der Waals surface area (Å²) in [6.07, 6.45) is 4.33. The first kappa shape index (κ1) is 26.5. The second-order valence-electron chi connectivity index (χ2n) is 9.52. The molecule has 10 nitrogen and oxygen atoms in total. The van der Waals surface area contributed by atoms with Crippen molar-refractivity contribution in [2.45, 2.75) is 18.9 Å². The Balaban J connectivity index is 1.23. The van der Waals surface area contributed by atoms with E-state index in [1.54, 1.807) is 12.3 Å². The smallest absolute Gasteiger partial charge is 0.227 e. The number of halogens is 1. The van der Waals surface area contributed by atoms with Crippen molar-refractivity contribution >= 4 is 29.3 Å². The summed E-state index contributed by atoms with van der Waals surface area (Å²) < 4.78 is 19.9. The normalized spacial score (nSPS) is 16.5. The molecule has 0 unspecified atom stereocenters. The van der Waals surface area contributed by atoms with Gasteiger partial charge in [0.25, 0.3) is 0 Å². The van der Waals surface area contributed by atoms with E-state index >= 15 is 0 Å². The minimum absolute atomic E-state index is 0.251. The number of nitrogens with one attached hydrogen (secondary N) is 1. The van der Waals surface area contributed by atoms with E-state index in [9.17, 15) is 9.50 Å². The second kappa shape index (κ2) is 12.2.